The number of piperidine rings is 1. The smallest absolute Gasteiger partial charge is 0.191 e. The van der Waals surface area contributed by atoms with Gasteiger partial charge in [-0.15, -0.1) is 34.2 Å². The van der Waals surface area contributed by atoms with Crippen molar-refractivity contribution in [3.63, 3.8) is 0 Å². The number of aliphatic imine (C=N–C) groups is 1. The highest BCUT2D eigenvalue weighted by Gasteiger charge is 2.21. The maximum absolute atomic E-state index is 4.79. The van der Waals surface area contributed by atoms with Crippen molar-refractivity contribution in [3.8, 4) is 0 Å². The van der Waals surface area contributed by atoms with E-state index in [1.165, 1.54) is 17.7 Å². The van der Waals surface area contributed by atoms with E-state index in [0.29, 0.717) is 12.6 Å². The van der Waals surface area contributed by atoms with Crippen molar-refractivity contribution >= 4 is 41.3 Å². The molecule has 31 heavy (non-hydrogen) atoms. The normalized spacial score (nSPS) is 16.8. The van der Waals surface area contributed by atoms with Crippen LogP contribution in [0.2, 0.25) is 0 Å². The molecule has 1 atom stereocenters. The van der Waals surface area contributed by atoms with Crippen LogP contribution < -0.4 is 15.5 Å². The van der Waals surface area contributed by atoms with Gasteiger partial charge in [0, 0.05) is 50.5 Å². The Balaban J connectivity index is 0.00000272. The summed E-state index contributed by atoms with van der Waals surface area (Å²) in [5.74, 6) is 1.82. The zero-order valence-electron chi connectivity index (χ0n) is 18.3. The molecule has 1 aliphatic rings. The van der Waals surface area contributed by atoms with Gasteiger partial charge in [-0.2, -0.15) is 0 Å². The third kappa shape index (κ3) is 6.09. The van der Waals surface area contributed by atoms with Gasteiger partial charge in [-0.3, -0.25) is 9.39 Å². The lowest BCUT2D eigenvalue weighted by Crippen LogP contribution is -2.51. The molecule has 2 aromatic heterocycles. The molecule has 1 unspecified atom stereocenters. The third-order valence-corrected chi connectivity index (χ3v) is 5.50. The fourth-order valence-corrected chi connectivity index (χ4v) is 3.93. The second-order valence-corrected chi connectivity index (χ2v) is 7.82. The number of halogens is 1. The maximum atomic E-state index is 4.79. The SMILES string of the molecule is CCNC(=NCCc1nnc2ccccn12)NC1CCCN(c2ccc(C)cc2)C1.I. The van der Waals surface area contributed by atoms with E-state index < -0.39 is 0 Å². The highest BCUT2D eigenvalue weighted by atomic mass is 127. The number of rotatable bonds is 6. The Labute approximate surface area is 201 Å². The van der Waals surface area contributed by atoms with Gasteiger partial charge in [0.15, 0.2) is 11.6 Å². The molecule has 2 N–H and O–H groups in total. The highest BCUT2D eigenvalue weighted by molar-refractivity contribution is 14.0. The summed E-state index contributed by atoms with van der Waals surface area (Å²) in [6.45, 7) is 7.83. The summed E-state index contributed by atoms with van der Waals surface area (Å²) in [4.78, 5) is 7.26. The first-order valence-electron chi connectivity index (χ1n) is 10.9. The summed E-state index contributed by atoms with van der Waals surface area (Å²) >= 11 is 0. The van der Waals surface area contributed by atoms with Crippen LogP contribution in [0, 0.1) is 6.92 Å². The van der Waals surface area contributed by atoms with Gasteiger partial charge in [-0.1, -0.05) is 23.8 Å². The minimum atomic E-state index is 0. The predicted molar refractivity (Wildman–Crippen MR) is 138 cm³/mol. The molecule has 0 spiro atoms. The van der Waals surface area contributed by atoms with Gasteiger partial charge in [0.2, 0.25) is 0 Å². The molecule has 4 rings (SSSR count). The quantitative estimate of drug-likeness (QED) is 0.289. The molecule has 8 heteroatoms. The number of hydrogen-bond acceptors (Lipinski definition) is 4. The molecule has 1 fully saturated rings. The van der Waals surface area contributed by atoms with E-state index in [-0.39, 0.29) is 24.0 Å². The summed E-state index contributed by atoms with van der Waals surface area (Å²) < 4.78 is 2.02. The van der Waals surface area contributed by atoms with E-state index in [2.05, 4.69) is 63.8 Å². The predicted octanol–water partition coefficient (Wildman–Crippen LogP) is 3.42. The Hall–Kier alpha value is -2.36. The second kappa shape index (κ2) is 11.3. The van der Waals surface area contributed by atoms with Gasteiger partial charge in [-0.25, -0.2) is 0 Å². The lowest BCUT2D eigenvalue weighted by atomic mass is 10.0. The van der Waals surface area contributed by atoms with Gasteiger partial charge < -0.3 is 15.5 Å². The summed E-state index contributed by atoms with van der Waals surface area (Å²) in [5, 5.41) is 15.5. The van der Waals surface area contributed by atoms with E-state index >= 15 is 0 Å². The van der Waals surface area contributed by atoms with Crippen LogP contribution in [0.3, 0.4) is 0 Å². The lowest BCUT2D eigenvalue weighted by Gasteiger charge is -2.35. The van der Waals surface area contributed by atoms with Crippen molar-refractivity contribution in [2.45, 2.75) is 39.2 Å². The Morgan fingerprint density at radius 3 is 2.81 bits per heavy atom. The molecule has 0 aliphatic carbocycles. The molecule has 1 aromatic carbocycles. The van der Waals surface area contributed by atoms with Gasteiger partial charge >= 0.3 is 0 Å². The Morgan fingerprint density at radius 1 is 1.16 bits per heavy atom. The van der Waals surface area contributed by atoms with Crippen LogP contribution >= 0.6 is 24.0 Å². The molecular weight excluding hydrogens is 501 g/mol. The van der Waals surface area contributed by atoms with Crippen molar-refractivity contribution in [3.05, 3.63) is 60.0 Å². The number of nitrogens with zero attached hydrogens (tertiary/aromatic N) is 5. The Kier molecular flexibility index (Phi) is 8.51. The van der Waals surface area contributed by atoms with Crippen molar-refractivity contribution < 1.29 is 0 Å². The number of benzene rings is 1. The molecule has 0 bridgehead atoms. The van der Waals surface area contributed by atoms with Crippen LogP contribution in [-0.2, 0) is 6.42 Å². The molecule has 3 aromatic rings. The Bertz CT molecular complexity index is 983. The van der Waals surface area contributed by atoms with Gasteiger partial charge in [0.05, 0.1) is 0 Å². The summed E-state index contributed by atoms with van der Waals surface area (Å²) in [6.07, 6.45) is 5.08. The summed E-state index contributed by atoms with van der Waals surface area (Å²) in [5.41, 5.74) is 3.47. The number of aromatic nitrogens is 3. The van der Waals surface area contributed by atoms with Gasteiger partial charge in [0.1, 0.15) is 5.82 Å². The van der Waals surface area contributed by atoms with Crippen LogP contribution in [0.4, 0.5) is 5.69 Å². The Morgan fingerprint density at radius 2 is 2.00 bits per heavy atom. The van der Waals surface area contributed by atoms with E-state index in [9.17, 15) is 0 Å². The van der Waals surface area contributed by atoms with Crippen LogP contribution in [0.25, 0.3) is 5.65 Å². The number of fused-ring (bicyclic) bond motifs is 1. The first-order valence-corrected chi connectivity index (χ1v) is 10.9. The number of hydrogen-bond donors (Lipinski definition) is 2. The first kappa shape index (κ1) is 23.3. The molecule has 0 saturated carbocycles. The molecule has 1 aliphatic heterocycles. The van der Waals surface area contributed by atoms with Crippen molar-refractivity contribution in [1.29, 1.82) is 0 Å². The van der Waals surface area contributed by atoms with Crippen LogP contribution in [0.15, 0.2) is 53.7 Å². The van der Waals surface area contributed by atoms with Crippen molar-refractivity contribution in [1.82, 2.24) is 25.2 Å². The number of aryl methyl sites for hydroxylation is 1. The van der Waals surface area contributed by atoms with Crippen molar-refractivity contribution in [2.24, 2.45) is 4.99 Å². The first-order chi connectivity index (χ1) is 14.7. The topological polar surface area (TPSA) is 69.8 Å². The molecule has 7 nitrogen and oxygen atoms in total. The molecule has 1 saturated heterocycles. The average molecular weight is 533 g/mol. The average Bonchev–Trinajstić information content (AvgIpc) is 3.18. The maximum Gasteiger partial charge on any atom is 0.191 e. The van der Waals surface area contributed by atoms with E-state index in [1.807, 2.05) is 28.8 Å². The molecule has 0 radical (unpaired) electrons. The van der Waals surface area contributed by atoms with Gasteiger partial charge in [-0.05, 0) is 51.0 Å². The number of nitrogens with one attached hydrogen (secondary N) is 2. The van der Waals surface area contributed by atoms with Crippen LogP contribution in [-0.4, -0.2) is 52.8 Å². The number of anilines is 1. The zero-order valence-corrected chi connectivity index (χ0v) is 20.6. The van der Waals surface area contributed by atoms with E-state index in [1.54, 1.807) is 0 Å². The van der Waals surface area contributed by atoms with E-state index in [4.69, 9.17) is 4.99 Å². The monoisotopic (exact) mass is 533 g/mol. The number of pyridine rings is 1. The standard InChI is InChI=1S/C23H31N7.HI/c1-3-24-23(25-14-13-22-28-27-21-8-4-5-16-30(21)22)26-19-7-6-15-29(17-19)20-11-9-18(2)10-12-20;/h4-5,8-12,16,19H,3,6-7,13-15,17H2,1-2H3,(H2,24,25,26);1H. The zero-order chi connectivity index (χ0) is 20.8. The van der Waals surface area contributed by atoms with Crippen LogP contribution in [0.5, 0.6) is 0 Å². The molecule has 0 amide bonds. The van der Waals surface area contributed by atoms with Crippen LogP contribution in [0.1, 0.15) is 31.2 Å². The summed E-state index contributed by atoms with van der Waals surface area (Å²) in [6, 6.07) is 15.1. The highest BCUT2D eigenvalue weighted by Crippen LogP contribution is 2.20. The largest absolute Gasteiger partial charge is 0.369 e. The number of guanidine groups is 1. The second-order valence-electron chi connectivity index (χ2n) is 7.82. The van der Waals surface area contributed by atoms with E-state index in [0.717, 1.165) is 49.9 Å². The van der Waals surface area contributed by atoms with Crippen molar-refractivity contribution in [2.75, 3.05) is 31.1 Å². The van der Waals surface area contributed by atoms with Gasteiger partial charge in [0.25, 0.3) is 0 Å². The fraction of sp³-hybridized carbons (Fsp3) is 0.435. The lowest BCUT2D eigenvalue weighted by molar-refractivity contribution is 0.468. The minimum absolute atomic E-state index is 0. The summed E-state index contributed by atoms with van der Waals surface area (Å²) in [7, 11) is 0. The molecule has 3 heterocycles. The molecular formula is C23H32IN7. The molecule has 166 valence electrons. The fourth-order valence-electron chi connectivity index (χ4n) is 3.93. The third-order valence-electron chi connectivity index (χ3n) is 5.50. The minimum Gasteiger partial charge on any atom is -0.369 e.